The van der Waals surface area contributed by atoms with Crippen molar-refractivity contribution in [3.8, 4) is 5.75 Å². The van der Waals surface area contributed by atoms with E-state index in [1.165, 1.54) is 30.5 Å². The smallest absolute Gasteiger partial charge is 0.269 e. The minimum absolute atomic E-state index is 0.0448. The van der Waals surface area contributed by atoms with Crippen LogP contribution in [-0.4, -0.2) is 54.1 Å². The Labute approximate surface area is 188 Å². The maximum atomic E-state index is 13.4. The van der Waals surface area contributed by atoms with Crippen molar-refractivity contribution in [3.63, 3.8) is 0 Å². The molecule has 0 atom stereocenters. The lowest BCUT2D eigenvalue weighted by atomic mass is 10.2. The van der Waals surface area contributed by atoms with Gasteiger partial charge in [0.05, 0.1) is 11.6 Å². The van der Waals surface area contributed by atoms with Crippen molar-refractivity contribution in [1.29, 1.82) is 0 Å². The molecule has 0 bridgehead atoms. The first kappa shape index (κ1) is 24.8. The second kappa shape index (κ2) is 12.4. The number of amides is 3. The van der Waals surface area contributed by atoms with Crippen molar-refractivity contribution in [2.45, 2.75) is 6.42 Å². The SMILES string of the molecule is C=C(CCNC(=O)c1ccnc(C(=O)NCCO)c1)NC(=O)COc1ccc(Cl)c(F)c1. The second-order valence-corrected chi connectivity index (χ2v) is 6.84. The molecule has 1 aromatic carbocycles. The van der Waals surface area contributed by atoms with Crippen LogP contribution in [0.3, 0.4) is 0 Å². The minimum atomic E-state index is -0.656. The molecule has 3 amide bonds. The number of carbonyl (C=O) groups is 3. The van der Waals surface area contributed by atoms with E-state index in [1.54, 1.807) is 0 Å². The highest BCUT2D eigenvalue weighted by Gasteiger charge is 2.12. The maximum absolute atomic E-state index is 13.4. The number of ether oxygens (including phenoxy) is 1. The van der Waals surface area contributed by atoms with Gasteiger partial charge in [-0.3, -0.25) is 19.4 Å². The Morgan fingerprint density at radius 3 is 2.59 bits per heavy atom. The number of carbonyl (C=O) groups excluding carboxylic acids is 3. The van der Waals surface area contributed by atoms with Crippen molar-refractivity contribution < 1.29 is 28.6 Å². The average Bonchev–Trinajstić information content (AvgIpc) is 2.78. The number of rotatable bonds is 11. The van der Waals surface area contributed by atoms with Crippen LogP contribution in [0.4, 0.5) is 4.39 Å². The molecule has 4 N–H and O–H groups in total. The monoisotopic (exact) mass is 464 g/mol. The van der Waals surface area contributed by atoms with Gasteiger partial charge in [0.25, 0.3) is 17.7 Å². The van der Waals surface area contributed by atoms with Gasteiger partial charge in [-0.05, 0) is 24.3 Å². The van der Waals surface area contributed by atoms with Gasteiger partial charge in [0, 0.05) is 43.0 Å². The van der Waals surface area contributed by atoms with E-state index in [4.69, 9.17) is 21.4 Å². The summed E-state index contributed by atoms with van der Waals surface area (Å²) < 4.78 is 18.5. The fraction of sp³-hybridized carbons (Fsp3) is 0.238. The minimum Gasteiger partial charge on any atom is -0.484 e. The Morgan fingerprint density at radius 1 is 1.12 bits per heavy atom. The molecule has 170 valence electrons. The topological polar surface area (TPSA) is 130 Å². The fourth-order valence-corrected chi connectivity index (χ4v) is 2.51. The summed E-state index contributed by atoms with van der Waals surface area (Å²) in [6.07, 6.45) is 1.58. The zero-order valence-corrected chi connectivity index (χ0v) is 17.7. The first-order chi connectivity index (χ1) is 15.3. The van der Waals surface area contributed by atoms with Crippen LogP contribution in [0.25, 0.3) is 0 Å². The van der Waals surface area contributed by atoms with Gasteiger partial charge in [-0.15, -0.1) is 0 Å². The molecule has 1 aromatic heterocycles. The Balaban J connectivity index is 1.74. The highest BCUT2D eigenvalue weighted by Crippen LogP contribution is 2.20. The molecule has 0 spiro atoms. The van der Waals surface area contributed by atoms with Crippen molar-refractivity contribution >= 4 is 29.3 Å². The molecule has 0 unspecified atom stereocenters. The van der Waals surface area contributed by atoms with Crippen LogP contribution in [-0.2, 0) is 4.79 Å². The van der Waals surface area contributed by atoms with Gasteiger partial charge in [0.15, 0.2) is 6.61 Å². The molecule has 0 fully saturated rings. The quantitative estimate of drug-likeness (QED) is 0.398. The number of aliphatic hydroxyl groups excluding tert-OH is 1. The number of aliphatic hydroxyl groups is 1. The fourth-order valence-electron chi connectivity index (χ4n) is 2.40. The van der Waals surface area contributed by atoms with E-state index in [9.17, 15) is 18.8 Å². The van der Waals surface area contributed by atoms with Gasteiger partial charge in [-0.25, -0.2) is 4.39 Å². The van der Waals surface area contributed by atoms with Gasteiger partial charge in [-0.1, -0.05) is 18.2 Å². The number of nitrogens with one attached hydrogen (secondary N) is 3. The highest BCUT2D eigenvalue weighted by molar-refractivity contribution is 6.30. The molecule has 0 radical (unpaired) electrons. The van der Waals surface area contributed by atoms with E-state index in [1.807, 2.05) is 0 Å². The molecule has 2 aromatic rings. The number of halogens is 2. The maximum Gasteiger partial charge on any atom is 0.269 e. The highest BCUT2D eigenvalue weighted by atomic mass is 35.5. The summed E-state index contributed by atoms with van der Waals surface area (Å²) in [6.45, 7) is 3.40. The molecule has 11 heteroatoms. The molecule has 32 heavy (non-hydrogen) atoms. The zero-order chi connectivity index (χ0) is 23.5. The van der Waals surface area contributed by atoms with Crippen LogP contribution in [0.5, 0.6) is 5.75 Å². The first-order valence-corrected chi connectivity index (χ1v) is 9.86. The Hall–Kier alpha value is -3.50. The molecular formula is C21H22ClFN4O5. The van der Waals surface area contributed by atoms with E-state index >= 15 is 0 Å². The molecule has 0 saturated carbocycles. The third-order valence-corrected chi connectivity index (χ3v) is 4.25. The molecule has 9 nitrogen and oxygen atoms in total. The average molecular weight is 465 g/mol. The van der Waals surface area contributed by atoms with E-state index < -0.39 is 23.5 Å². The zero-order valence-electron chi connectivity index (χ0n) is 17.0. The van der Waals surface area contributed by atoms with Gasteiger partial charge in [-0.2, -0.15) is 0 Å². The van der Waals surface area contributed by atoms with E-state index in [0.29, 0.717) is 5.70 Å². The summed E-state index contributed by atoms with van der Waals surface area (Å²) in [4.78, 5) is 39.9. The summed E-state index contributed by atoms with van der Waals surface area (Å²) in [6, 6.07) is 6.60. The Morgan fingerprint density at radius 2 is 1.88 bits per heavy atom. The Kier molecular flexibility index (Phi) is 9.58. The van der Waals surface area contributed by atoms with E-state index in [2.05, 4.69) is 27.5 Å². The van der Waals surface area contributed by atoms with Gasteiger partial charge in [0.1, 0.15) is 17.3 Å². The number of hydrogen-bond donors (Lipinski definition) is 4. The predicted octanol–water partition coefficient (Wildman–Crippen LogP) is 1.43. The lowest BCUT2D eigenvalue weighted by Gasteiger charge is -2.11. The standard InChI is InChI=1S/C21H22ClFN4O5/c1-13(27-19(29)12-32-15-2-3-16(22)17(23)11-15)4-6-25-20(30)14-5-7-24-18(10-14)21(31)26-8-9-28/h2-3,5,7,10-11,28H,1,4,6,8-9,12H2,(H,25,30)(H,26,31)(H,27,29). The molecule has 0 saturated heterocycles. The molecule has 0 aliphatic heterocycles. The van der Waals surface area contributed by atoms with Gasteiger partial charge in [0.2, 0.25) is 0 Å². The van der Waals surface area contributed by atoms with Crippen LogP contribution in [0, 0.1) is 5.82 Å². The number of benzene rings is 1. The third kappa shape index (κ3) is 7.97. The molecular weight excluding hydrogens is 443 g/mol. The van der Waals surface area contributed by atoms with E-state index in [-0.39, 0.29) is 54.8 Å². The summed E-state index contributed by atoms with van der Waals surface area (Å²) >= 11 is 5.58. The number of hydrogen-bond acceptors (Lipinski definition) is 6. The van der Waals surface area contributed by atoms with Crippen molar-refractivity contribution in [2.24, 2.45) is 0 Å². The molecule has 1 heterocycles. The van der Waals surface area contributed by atoms with E-state index in [0.717, 1.165) is 6.07 Å². The summed E-state index contributed by atoms with van der Waals surface area (Å²) in [5.74, 6) is -1.94. The molecule has 0 aliphatic carbocycles. The summed E-state index contributed by atoms with van der Waals surface area (Å²) in [7, 11) is 0. The predicted molar refractivity (Wildman–Crippen MR) is 115 cm³/mol. The lowest BCUT2D eigenvalue weighted by Crippen LogP contribution is -2.31. The molecule has 0 aliphatic rings. The van der Waals surface area contributed by atoms with Crippen LogP contribution < -0.4 is 20.7 Å². The van der Waals surface area contributed by atoms with Crippen molar-refractivity contribution in [1.82, 2.24) is 20.9 Å². The van der Waals surface area contributed by atoms with Gasteiger partial charge < -0.3 is 25.8 Å². The second-order valence-electron chi connectivity index (χ2n) is 6.43. The Bertz CT molecular complexity index is 1000. The summed E-state index contributed by atoms with van der Waals surface area (Å²) in [5, 5.41) is 16.3. The molecule has 2 rings (SSSR count). The largest absolute Gasteiger partial charge is 0.484 e. The lowest BCUT2D eigenvalue weighted by molar-refractivity contribution is -0.122. The van der Waals surface area contributed by atoms with Gasteiger partial charge >= 0.3 is 0 Å². The third-order valence-electron chi connectivity index (χ3n) is 3.94. The van der Waals surface area contributed by atoms with Crippen LogP contribution >= 0.6 is 11.6 Å². The normalized spacial score (nSPS) is 10.2. The van der Waals surface area contributed by atoms with Crippen molar-refractivity contribution in [3.05, 3.63) is 70.9 Å². The van der Waals surface area contributed by atoms with Crippen LogP contribution in [0.15, 0.2) is 48.8 Å². The summed E-state index contributed by atoms with van der Waals surface area (Å²) in [5.41, 5.74) is 0.621. The first-order valence-electron chi connectivity index (χ1n) is 9.49. The number of aromatic nitrogens is 1. The van der Waals surface area contributed by atoms with Crippen molar-refractivity contribution in [2.75, 3.05) is 26.3 Å². The van der Waals surface area contributed by atoms with Crippen LogP contribution in [0.2, 0.25) is 5.02 Å². The van der Waals surface area contributed by atoms with Crippen LogP contribution in [0.1, 0.15) is 27.3 Å². The number of nitrogens with zero attached hydrogens (tertiary/aromatic N) is 1. The number of pyridine rings is 1.